The van der Waals surface area contributed by atoms with Crippen molar-refractivity contribution in [3.63, 3.8) is 0 Å². The summed E-state index contributed by atoms with van der Waals surface area (Å²) >= 11 is 0. The predicted octanol–water partition coefficient (Wildman–Crippen LogP) is 3.50. The summed E-state index contributed by atoms with van der Waals surface area (Å²) in [7, 11) is 0. The number of piperidine rings is 1. The van der Waals surface area contributed by atoms with Crippen molar-refractivity contribution in [2.24, 2.45) is 0 Å². The fourth-order valence-electron chi connectivity index (χ4n) is 5.12. The number of likely N-dealkylation sites (tertiary alicyclic amines) is 1. The van der Waals surface area contributed by atoms with E-state index in [1.165, 1.54) is 0 Å². The fraction of sp³-hybridized carbons (Fsp3) is 0.643. The zero-order chi connectivity index (χ0) is 28.2. The standard InChI is InChI=1S/C28H42N4O6/c1-8-24(33)29-12-14-31-22-16-21(19(5)15-23(22)38-28(6,7)26(31)35)25(34)32(18(3)4)20-11-10-13-30(17-20)27(36)37-9-2/h15-16,18,20H,8-14,17H2,1-7H3,(H,29,33)/t20-/m1/s1. The van der Waals surface area contributed by atoms with E-state index in [9.17, 15) is 19.2 Å². The van der Waals surface area contributed by atoms with Crippen LogP contribution in [-0.4, -0.2) is 84.1 Å². The lowest BCUT2D eigenvalue weighted by Gasteiger charge is -2.42. The normalized spacial score (nSPS) is 18.5. The number of carbonyl (C=O) groups is 4. The Morgan fingerprint density at radius 3 is 2.58 bits per heavy atom. The van der Waals surface area contributed by atoms with Crippen molar-refractivity contribution < 1.29 is 28.7 Å². The van der Waals surface area contributed by atoms with E-state index >= 15 is 0 Å². The molecule has 0 radical (unpaired) electrons. The van der Waals surface area contributed by atoms with Gasteiger partial charge in [-0.25, -0.2) is 4.79 Å². The molecule has 2 heterocycles. The van der Waals surface area contributed by atoms with Gasteiger partial charge in [0.05, 0.1) is 18.3 Å². The highest BCUT2D eigenvalue weighted by atomic mass is 16.6. The van der Waals surface area contributed by atoms with E-state index in [-0.39, 0.29) is 49.0 Å². The fourth-order valence-corrected chi connectivity index (χ4v) is 5.12. The molecular formula is C28H42N4O6. The number of nitrogens with zero attached hydrogens (tertiary/aromatic N) is 3. The first-order valence-corrected chi connectivity index (χ1v) is 13.6. The first-order valence-electron chi connectivity index (χ1n) is 13.6. The summed E-state index contributed by atoms with van der Waals surface area (Å²) in [6.45, 7) is 14.6. The maximum atomic E-state index is 14.0. The monoisotopic (exact) mass is 530 g/mol. The molecule has 0 aromatic heterocycles. The molecule has 0 spiro atoms. The first kappa shape index (κ1) is 29.3. The molecule has 0 unspecified atom stereocenters. The summed E-state index contributed by atoms with van der Waals surface area (Å²) in [5.74, 6) is 0.0261. The molecule has 3 rings (SSSR count). The summed E-state index contributed by atoms with van der Waals surface area (Å²) < 4.78 is 11.2. The van der Waals surface area contributed by atoms with Crippen LogP contribution in [0.25, 0.3) is 0 Å². The predicted molar refractivity (Wildman–Crippen MR) is 144 cm³/mol. The van der Waals surface area contributed by atoms with Gasteiger partial charge in [-0.2, -0.15) is 0 Å². The molecule has 210 valence electrons. The van der Waals surface area contributed by atoms with Gasteiger partial charge in [-0.05, 0) is 72.1 Å². The largest absolute Gasteiger partial charge is 0.476 e. The number of benzene rings is 1. The topological polar surface area (TPSA) is 108 Å². The lowest BCUT2D eigenvalue weighted by Crippen LogP contribution is -2.55. The highest BCUT2D eigenvalue weighted by Crippen LogP contribution is 2.40. The van der Waals surface area contributed by atoms with E-state index in [4.69, 9.17) is 9.47 Å². The summed E-state index contributed by atoms with van der Waals surface area (Å²) in [5, 5.41) is 2.81. The number of rotatable bonds is 8. The quantitative estimate of drug-likeness (QED) is 0.551. The van der Waals surface area contributed by atoms with E-state index in [0.717, 1.165) is 18.4 Å². The molecule has 0 aliphatic carbocycles. The molecule has 1 aromatic carbocycles. The van der Waals surface area contributed by atoms with Crippen LogP contribution in [0.2, 0.25) is 0 Å². The lowest BCUT2D eigenvalue weighted by atomic mass is 9.97. The first-order chi connectivity index (χ1) is 17.9. The average molecular weight is 531 g/mol. The Bertz CT molecular complexity index is 1070. The third-order valence-electron chi connectivity index (χ3n) is 7.04. The van der Waals surface area contributed by atoms with Crippen LogP contribution < -0.4 is 15.0 Å². The maximum Gasteiger partial charge on any atom is 0.409 e. The highest BCUT2D eigenvalue weighted by molar-refractivity contribution is 6.05. The number of aryl methyl sites for hydroxylation is 1. The smallest absolute Gasteiger partial charge is 0.409 e. The van der Waals surface area contributed by atoms with Crippen LogP contribution in [0.3, 0.4) is 0 Å². The number of amides is 4. The van der Waals surface area contributed by atoms with E-state index < -0.39 is 5.60 Å². The zero-order valence-electron chi connectivity index (χ0n) is 23.8. The van der Waals surface area contributed by atoms with Gasteiger partial charge in [-0.3, -0.25) is 14.4 Å². The summed E-state index contributed by atoms with van der Waals surface area (Å²) in [5.41, 5.74) is 0.642. The lowest BCUT2D eigenvalue weighted by molar-refractivity contribution is -0.132. The Balaban J connectivity index is 1.94. The molecule has 10 heteroatoms. The van der Waals surface area contributed by atoms with E-state index in [1.54, 1.807) is 49.6 Å². The van der Waals surface area contributed by atoms with E-state index in [0.29, 0.717) is 43.1 Å². The average Bonchev–Trinajstić information content (AvgIpc) is 2.86. The van der Waals surface area contributed by atoms with Crippen molar-refractivity contribution in [1.29, 1.82) is 0 Å². The molecule has 1 aromatic rings. The molecule has 2 aliphatic rings. The maximum absolute atomic E-state index is 14.0. The van der Waals surface area contributed by atoms with Crippen molar-refractivity contribution in [3.8, 4) is 5.75 Å². The number of ether oxygens (including phenoxy) is 2. The minimum absolute atomic E-state index is 0.0955. The number of fused-ring (bicyclic) bond motifs is 1. The Hall–Kier alpha value is -3.30. The Morgan fingerprint density at radius 1 is 1.24 bits per heavy atom. The molecule has 1 atom stereocenters. The second kappa shape index (κ2) is 12.0. The van der Waals surface area contributed by atoms with Crippen molar-refractivity contribution in [2.45, 2.75) is 85.4 Å². The minimum atomic E-state index is -1.08. The third kappa shape index (κ3) is 6.22. The van der Waals surface area contributed by atoms with E-state index in [1.807, 2.05) is 25.7 Å². The number of hydrogen-bond acceptors (Lipinski definition) is 6. The second-order valence-corrected chi connectivity index (χ2v) is 10.7. The number of carbonyl (C=O) groups excluding carboxylic acids is 4. The Morgan fingerprint density at radius 2 is 1.95 bits per heavy atom. The zero-order valence-corrected chi connectivity index (χ0v) is 23.8. The highest BCUT2D eigenvalue weighted by Gasteiger charge is 2.42. The van der Waals surface area contributed by atoms with Gasteiger partial charge < -0.3 is 29.5 Å². The van der Waals surface area contributed by atoms with Crippen LogP contribution in [0.1, 0.15) is 76.7 Å². The van der Waals surface area contributed by atoms with Gasteiger partial charge in [-0.1, -0.05) is 6.92 Å². The minimum Gasteiger partial charge on any atom is -0.476 e. The van der Waals surface area contributed by atoms with Gasteiger partial charge in [0, 0.05) is 44.2 Å². The van der Waals surface area contributed by atoms with Gasteiger partial charge in [0.15, 0.2) is 5.60 Å². The Kier molecular flexibility index (Phi) is 9.27. The van der Waals surface area contributed by atoms with E-state index in [2.05, 4.69) is 5.32 Å². The second-order valence-electron chi connectivity index (χ2n) is 10.7. The molecule has 2 aliphatic heterocycles. The molecule has 1 fully saturated rings. The van der Waals surface area contributed by atoms with Crippen molar-refractivity contribution in [2.75, 3.05) is 37.7 Å². The summed E-state index contributed by atoms with van der Waals surface area (Å²) in [6, 6.07) is 3.26. The van der Waals surface area contributed by atoms with Gasteiger partial charge in [0.1, 0.15) is 5.75 Å². The molecule has 10 nitrogen and oxygen atoms in total. The van der Waals surface area contributed by atoms with Crippen LogP contribution in [-0.2, 0) is 14.3 Å². The molecule has 1 saturated heterocycles. The van der Waals surface area contributed by atoms with Crippen LogP contribution in [0, 0.1) is 6.92 Å². The third-order valence-corrected chi connectivity index (χ3v) is 7.04. The van der Waals surface area contributed by atoms with Gasteiger partial charge in [0.25, 0.3) is 11.8 Å². The molecule has 0 bridgehead atoms. The van der Waals surface area contributed by atoms with Crippen LogP contribution >= 0.6 is 0 Å². The van der Waals surface area contributed by atoms with Crippen molar-refractivity contribution in [3.05, 3.63) is 23.3 Å². The van der Waals surface area contributed by atoms with Crippen LogP contribution in [0.15, 0.2) is 12.1 Å². The number of hydrogen-bond donors (Lipinski definition) is 1. The SMILES string of the molecule is CCOC(=O)N1CCC[C@@H](N(C(=O)c2cc3c(cc2C)OC(C)(C)C(=O)N3CCNC(=O)CC)C(C)C)C1. The van der Waals surface area contributed by atoms with Gasteiger partial charge in [-0.15, -0.1) is 0 Å². The summed E-state index contributed by atoms with van der Waals surface area (Å²) in [6.07, 6.45) is 1.56. The van der Waals surface area contributed by atoms with Crippen molar-refractivity contribution in [1.82, 2.24) is 15.1 Å². The van der Waals surface area contributed by atoms with Gasteiger partial charge in [0.2, 0.25) is 5.91 Å². The molecule has 4 amide bonds. The Labute approximate surface area is 225 Å². The number of nitrogens with one attached hydrogen (secondary N) is 1. The number of anilines is 1. The van der Waals surface area contributed by atoms with Crippen LogP contribution in [0.5, 0.6) is 5.75 Å². The van der Waals surface area contributed by atoms with Gasteiger partial charge >= 0.3 is 6.09 Å². The van der Waals surface area contributed by atoms with Crippen LogP contribution in [0.4, 0.5) is 10.5 Å². The van der Waals surface area contributed by atoms with Crippen molar-refractivity contribution >= 4 is 29.5 Å². The molecule has 38 heavy (non-hydrogen) atoms. The molecule has 1 N–H and O–H groups in total. The molecular weight excluding hydrogens is 488 g/mol. The molecule has 0 saturated carbocycles. The summed E-state index contributed by atoms with van der Waals surface area (Å²) in [4.78, 5) is 56.6.